The minimum atomic E-state index is -3.78. The lowest BCUT2D eigenvalue weighted by Crippen LogP contribution is -2.10. The Hall–Kier alpha value is -1.73. The van der Waals surface area contributed by atoms with Crippen molar-refractivity contribution in [1.82, 2.24) is 4.98 Å². The van der Waals surface area contributed by atoms with E-state index in [0.717, 1.165) is 0 Å². The molecule has 0 saturated heterocycles. The molecule has 19 heavy (non-hydrogen) atoms. The summed E-state index contributed by atoms with van der Waals surface area (Å²) in [6.45, 7) is 0. The summed E-state index contributed by atoms with van der Waals surface area (Å²) < 4.78 is 24.0. The standard InChI is InChI=1S/C11H9ClN2O4S/c12-5-7-19(17,18)10-4-3-9-8(2-1-6-13-9)11(10)14(15)16/h1-4,6H,5,7H2. The summed E-state index contributed by atoms with van der Waals surface area (Å²) in [6.07, 6.45) is 1.49. The van der Waals surface area contributed by atoms with Gasteiger partial charge in [0.15, 0.2) is 9.84 Å². The summed E-state index contributed by atoms with van der Waals surface area (Å²) in [6, 6.07) is 5.65. The maximum atomic E-state index is 12.0. The van der Waals surface area contributed by atoms with E-state index in [2.05, 4.69) is 4.98 Å². The van der Waals surface area contributed by atoms with Crippen LogP contribution in [0.4, 0.5) is 5.69 Å². The van der Waals surface area contributed by atoms with E-state index in [1.165, 1.54) is 30.5 Å². The largest absolute Gasteiger partial charge is 0.297 e. The number of halogens is 1. The van der Waals surface area contributed by atoms with Crippen LogP contribution >= 0.6 is 11.6 Å². The first-order valence-electron chi connectivity index (χ1n) is 5.28. The van der Waals surface area contributed by atoms with Gasteiger partial charge in [-0.3, -0.25) is 15.1 Å². The van der Waals surface area contributed by atoms with Crippen LogP contribution in [0.1, 0.15) is 0 Å². The SMILES string of the molecule is O=[N+]([O-])c1c(S(=O)(=O)CCCl)ccc2ncccc12. The lowest BCUT2D eigenvalue weighted by molar-refractivity contribution is -0.386. The predicted molar refractivity (Wildman–Crippen MR) is 71.2 cm³/mol. The molecule has 2 aromatic rings. The Morgan fingerprint density at radius 2 is 2.05 bits per heavy atom. The third-order valence-electron chi connectivity index (χ3n) is 2.58. The highest BCUT2D eigenvalue weighted by molar-refractivity contribution is 7.91. The van der Waals surface area contributed by atoms with Crippen LogP contribution in [0.5, 0.6) is 0 Å². The highest BCUT2D eigenvalue weighted by Gasteiger charge is 2.27. The molecule has 0 fully saturated rings. The maximum Gasteiger partial charge on any atom is 0.297 e. The molecular weight excluding hydrogens is 292 g/mol. The molecule has 0 unspecified atom stereocenters. The molecule has 0 atom stereocenters. The van der Waals surface area contributed by atoms with Gasteiger partial charge >= 0.3 is 0 Å². The zero-order valence-electron chi connectivity index (χ0n) is 9.61. The van der Waals surface area contributed by atoms with Crippen LogP contribution in [-0.4, -0.2) is 30.0 Å². The fourth-order valence-electron chi connectivity index (χ4n) is 1.77. The molecule has 0 aliphatic carbocycles. The average Bonchev–Trinajstić information content (AvgIpc) is 2.37. The molecule has 0 aliphatic heterocycles. The van der Waals surface area contributed by atoms with Crippen molar-refractivity contribution < 1.29 is 13.3 Å². The number of hydrogen-bond acceptors (Lipinski definition) is 5. The summed E-state index contributed by atoms with van der Waals surface area (Å²) in [7, 11) is -3.78. The van der Waals surface area contributed by atoms with E-state index in [4.69, 9.17) is 11.6 Å². The third kappa shape index (κ3) is 2.52. The number of sulfone groups is 1. The lowest BCUT2D eigenvalue weighted by Gasteiger charge is -2.06. The number of hydrogen-bond donors (Lipinski definition) is 0. The first kappa shape index (κ1) is 13.7. The molecule has 1 aromatic heterocycles. The van der Waals surface area contributed by atoms with E-state index in [1.54, 1.807) is 0 Å². The maximum absolute atomic E-state index is 12.0. The topological polar surface area (TPSA) is 90.2 Å². The predicted octanol–water partition coefficient (Wildman–Crippen LogP) is 2.16. The molecule has 2 rings (SSSR count). The number of alkyl halides is 1. The first-order chi connectivity index (χ1) is 8.97. The lowest BCUT2D eigenvalue weighted by atomic mass is 10.2. The Labute approximate surface area is 114 Å². The Morgan fingerprint density at radius 1 is 1.32 bits per heavy atom. The highest BCUT2D eigenvalue weighted by Crippen LogP contribution is 2.32. The van der Waals surface area contributed by atoms with Gasteiger partial charge in [-0.1, -0.05) is 0 Å². The first-order valence-corrected chi connectivity index (χ1v) is 7.47. The van der Waals surface area contributed by atoms with Gasteiger partial charge in [0.1, 0.15) is 4.90 Å². The summed E-state index contributed by atoms with van der Waals surface area (Å²) >= 11 is 5.42. The van der Waals surface area contributed by atoms with Gasteiger partial charge in [0, 0.05) is 12.1 Å². The minimum Gasteiger partial charge on any atom is -0.258 e. The Bertz CT molecular complexity index is 745. The van der Waals surface area contributed by atoms with Gasteiger partial charge < -0.3 is 0 Å². The third-order valence-corrected chi connectivity index (χ3v) is 4.74. The monoisotopic (exact) mass is 300 g/mol. The average molecular weight is 301 g/mol. The zero-order valence-corrected chi connectivity index (χ0v) is 11.2. The molecule has 100 valence electrons. The summed E-state index contributed by atoms with van der Waals surface area (Å²) in [5.41, 5.74) is -0.0743. The minimum absolute atomic E-state index is 0.120. The molecule has 0 radical (unpaired) electrons. The molecule has 0 spiro atoms. The molecule has 0 bridgehead atoms. The second-order valence-electron chi connectivity index (χ2n) is 3.75. The van der Waals surface area contributed by atoms with Crippen molar-refractivity contribution in [2.75, 3.05) is 11.6 Å². The van der Waals surface area contributed by atoms with E-state index >= 15 is 0 Å². The second kappa shape index (κ2) is 5.10. The van der Waals surface area contributed by atoms with Crippen LogP contribution in [0, 0.1) is 10.1 Å². The van der Waals surface area contributed by atoms with Gasteiger partial charge in [-0.05, 0) is 24.3 Å². The fraction of sp³-hybridized carbons (Fsp3) is 0.182. The molecule has 0 aliphatic rings. The van der Waals surface area contributed by atoms with Crippen molar-refractivity contribution in [3.8, 4) is 0 Å². The van der Waals surface area contributed by atoms with Crippen molar-refractivity contribution in [3.05, 3.63) is 40.6 Å². The molecule has 0 amide bonds. The molecule has 1 aromatic carbocycles. The van der Waals surface area contributed by atoms with Crippen molar-refractivity contribution >= 4 is 38.0 Å². The van der Waals surface area contributed by atoms with E-state index in [1.807, 2.05) is 0 Å². The Balaban J connectivity index is 2.83. The fourth-order valence-corrected chi connectivity index (χ4v) is 3.55. The number of nitro groups is 1. The number of aromatic nitrogens is 1. The molecule has 8 heteroatoms. The van der Waals surface area contributed by atoms with Crippen LogP contribution in [0.25, 0.3) is 10.9 Å². The van der Waals surface area contributed by atoms with Gasteiger partial charge in [-0.2, -0.15) is 0 Å². The van der Waals surface area contributed by atoms with Gasteiger partial charge in [0.2, 0.25) is 0 Å². The molecule has 0 saturated carbocycles. The summed E-state index contributed by atoms with van der Waals surface area (Å²) in [5, 5.41) is 11.4. The van der Waals surface area contributed by atoms with Crippen molar-refractivity contribution in [1.29, 1.82) is 0 Å². The number of nitro benzene ring substituents is 1. The van der Waals surface area contributed by atoms with Crippen molar-refractivity contribution in [2.24, 2.45) is 0 Å². The number of pyridine rings is 1. The zero-order chi connectivity index (χ0) is 14.0. The number of fused-ring (bicyclic) bond motifs is 1. The van der Waals surface area contributed by atoms with Gasteiger partial charge in [0.25, 0.3) is 5.69 Å². The second-order valence-corrected chi connectivity index (χ2v) is 6.20. The van der Waals surface area contributed by atoms with Crippen LogP contribution in [0.3, 0.4) is 0 Å². The highest BCUT2D eigenvalue weighted by atomic mass is 35.5. The van der Waals surface area contributed by atoms with Gasteiger partial charge in [0.05, 0.1) is 21.6 Å². The number of benzene rings is 1. The van der Waals surface area contributed by atoms with Crippen molar-refractivity contribution in [3.63, 3.8) is 0 Å². The van der Waals surface area contributed by atoms with Gasteiger partial charge in [-0.25, -0.2) is 8.42 Å². The van der Waals surface area contributed by atoms with Crippen LogP contribution in [0.2, 0.25) is 0 Å². The molecular formula is C11H9ClN2O4S. The molecule has 6 nitrogen and oxygen atoms in total. The Morgan fingerprint density at radius 3 is 2.68 bits per heavy atom. The Kier molecular flexibility index (Phi) is 3.68. The molecule has 0 N–H and O–H groups in total. The van der Waals surface area contributed by atoms with Crippen LogP contribution in [0.15, 0.2) is 35.4 Å². The summed E-state index contributed by atoms with van der Waals surface area (Å²) in [5.74, 6) is -0.467. The normalized spacial score (nSPS) is 11.6. The van der Waals surface area contributed by atoms with Gasteiger partial charge in [-0.15, -0.1) is 11.6 Å². The summed E-state index contributed by atoms with van der Waals surface area (Å²) in [4.78, 5) is 14.1. The van der Waals surface area contributed by atoms with E-state index in [-0.39, 0.29) is 21.9 Å². The number of nitrogens with zero attached hydrogens (tertiary/aromatic N) is 2. The van der Waals surface area contributed by atoms with E-state index in [0.29, 0.717) is 5.52 Å². The number of rotatable bonds is 4. The van der Waals surface area contributed by atoms with Crippen LogP contribution in [-0.2, 0) is 9.84 Å². The van der Waals surface area contributed by atoms with E-state index in [9.17, 15) is 18.5 Å². The smallest absolute Gasteiger partial charge is 0.258 e. The van der Waals surface area contributed by atoms with E-state index < -0.39 is 20.4 Å². The quantitative estimate of drug-likeness (QED) is 0.490. The van der Waals surface area contributed by atoms with Crippen molar-refractivity contribution in [2.45, 2.75) is 4.90 Å². The van der Waals surface area contributed by atoms with Crippen LogP contribution < -0.4 is 0 Å². The molecule has 1 heterocycles.